The zero-order chi connectivity index (χ0) is 18.1. The lowest BCUT2D eigenvalue weighted by molar-refractivity contribution is -0.0313. The molecule has 9 heteroatoms. The molecule has 1 saturated heterocycles. The molecule has 2 aliphatic rings. The first-order valence-corrected chi connectivity index (χ1v) is 10.8. The molecule has 138 valence electrons. The fourth-order valence-corrected chi connectivity index (χ4v) is 4.81. The van der Waals surface area contributed by atoms with Crippen LogP contribution in [0.25, 0.3) is 0 Å². The number of aromatic nitrogens is 1. The molecule has 0 bridgehead atoms. The highest BCUT2D eigenvalue weighted by atomic mass is 32.2. The molecule has 7 nitrogen and oxygen atoms in total. The van der Waals surface area contributed by atoms with E-state index in [1.165, 1.54) is 42.5 Å². The molecule has 26 heavy (non-hydrogen) atoms. The van der Waals surface area contributed by atoms with E-state index in [1.54, 1.807) is 22.4 Å². The van der Waals surface area contributed by atoms with Gasteiger partial charge < -0.3 is 9.64 Å². The van der Waals surface area contributed by atoms with Crippen LogP contribution in [0.5, 0.6) is 0 Å². The molecule has 1 aromatic carbocycles. The number of sulfonamides is 1. The standard InChI is InChI=1S/C17H19N3O4S2/c21-16(20-8-9-24-15(11-20)12-1-2-12)13-3-5-14(6-4-13)26(22,23)19-17-18-7-10-25-17/h3-7,10,12,15H,1-2,8-9,11H2,(H,18,19). The molecule has 1 aliphatic carbocycles. The van der Waals surface area contributed by atoms with Crippen molar-refractivity contribution in [3.63, 3.8) is 0 Å². The Morgan fingerprint density at radius 1 is 1.27 bits per heavy atom. The first kappa shape index (κ1) is 17.4. The van der Waals surface area contributed by atoms with Gasteiger partial charge in [-0.25, -0.2) is 13.4 Å². The van der Waals surface area contributed by atoms with Gasteiger partial charge in [-0.2, -0.15) is 0 Å². The van der Waals surface area contributed by atoms with E-state index in [9.17, 15) is 13.2 Å². The van der Waals surface area contributed by atoms with Gasteiger partial charge in [-0.3, -0.25) is 9.52 Å². The van der Waals surface area contributed by atoms with Crippen LogP contribution in [-0.4, -0.2) is 50.0 Å². The summed E-state index contributed by atoms with van der Waals surface area (Å²) < 4.78 is 32.9. The van der Waals surface area contributed by atoms with Crippen molar-refractivity contribution in [2.24, 2.45) is 5.92 Å². The van der Waals surface area contributed by atoms with Crippen LogP contribution >= 0.6 is 11.3 Å². The predicted molar refractivity (Wildman–Crippen MR) is 97.7 cm³/mol. The fourth-order valence-electron chi connectivity index (χ4n) is 3.02. The molecule has 2 aromatic rings. The van der Waals surface area contributed by atoms with E-state index in [-0.39, 0.29) is 16.9 Å². The number of thiazole rings is 1. The van der Waals surface area contributed by atoms with Gasteiger partial charge in [0.1, 0.15) is 0 Å². The van der Waals surface area contributed by atoms with Crippen LogP contribution in [0.15, 0.2) is 40.7 Å². The minimum atomic E-state index is -3.71. The van der Waals surface area contributed by atoms with E-state index in [1.807, 2.05) is 0 Å². The molecule has 1 aliphatic heterocycles. The van der Waals surface area contributed by atoms with Crippen molar-refractivity contribution in [1.29, 1.82) is 0 Å². The summed E-state index contributed by atoms with van der Waals surface area (Å²) in [5, 5.41) is 2.00. The second kappa shape index (κ2) is 6.98. The van der Waals surface area contributed by atoms with Crippen molar-refractivity contribution in [2.75, 3.05) is 24.4 Å². The quantitative estimate of drug-likeness (QED) is 0.841. The molecular formula is C17H19N3O4S2. The number of hydrogen-bond acceptors (Lipinski definition) is 6. The lowest BCUT2D eigenvalue weighted by atomic mass is 10.1. The molecular weight excluding hydrogens is 374 g/mol. The number of hydrogen-bond donors (Lipinski definition) is 1. The van der Waals surface area contributed by atoms with Crippen LogP contribution in [0.1, 0.15) is 23.2 Å². The summed E-state index contributed by atoms with van der Waals surface area (Å²) in [6.07, 6.45) is 4.01. The fraction of sp³-hybridized carbons (Fsp3) is 0.412. The molecule has 1 atom stereocenters. The Labute approximate surface area is 156 Å². The van der Waals surface area contributed by atoms with Crippen LogP contribution in [0.2, 0.25) is 0 Å². The number of benzene rings is 1. The maximum absolute atomic E-state index is 12.7. The van der Waals surface area contributed by atoms with Gasteiger partial charge in [-0.1, -0.05) is 0 Å². The molecule has 2 fully saturated rings. The number of carbonyl (C=O) groups is 1. The highest BCUT2D eigenvalue weighted by molar-refractivity contribution is 7.93. The minimum Gasteiger partial charge on any atom is -0.374 e. The molecule has 1 amide bonds. The largest absolute Gasteiger partial charge is 0.374 e. The number of anilines is 1. The van der Waals surface area contributed by atoms with Crippen LogP contribution < -0.4 is 4.72 Å². The molecule has 0 spiro atoms. The number of amides is 1. The third-order valence-electron chi connectivity index (χ3n) is 4.59. The lowest BCUT2D eigenvalue weighted by Gasteiger charge is -2.33. The van der Waals surface area contributed by atoms with Gasteiger partial charge in [0, 0.05) is 30.2 Å². The van der Waals surface area contributed by atoms with E-state index >= 15 is 0 Å². The third kappa shape index (κ3) is 3.74. The van der Waals surface area contributed by atoms with Gasteiger partial charge in [0.25, 0.3) is 15.9 Å². The Morgan fingerprint density at radius 3 is 2.69 bits per heavy atom. The lowest BCUT2D eigenvalue weighted by Crippen LogP contribution is -2.46. The average Bonchev–Trinajstić information content (AvgIpc) is 3.39. The number of carbonyl (C=O) groups excluding carboxylic acids is 1. The monoisotopic (exact) mass is 393 g/mol. The van der Waals surface area contributed by atoms with E-state index in [2.05, 4.69) is 9.71 Å². The van der Waals surface area contributed by atoms with Gasteiger partial charge in [0.15, 0.2) is 5.13 Å². The number of rotatable bonds is 5. The van der Waals surface area contributed by atoms with Crippen LogP contribution in [0.4, 0.5) is 5.13 Å². The molecule has 2 heterocycles. The maximum Gasteiger partial charge on any atom is 0.263 e. The Balaban J connectivity index is 1.45. The topological polar surface area (TPSA) is 88.6 Å². The van der Waals surface area contributed by atoms with Crippen molar-refractivity contribution in [3.8, 4) is 0 Å². The highest BCUT2D eigenvalue weighted by Crippen LogP contribution is 2.35. The van der Waals surface area contributed by atoms with Crippen molar-refractivity contribution >= 4 is 32.4 Å². The second-order valence-corrected chi connectivity index (χ2v) is 9.04. The van der Waals surface area contributed by atoms with Gasteiger partial charge in [0.2, 0.25) is 0 Å². The summed E-state index contributed by atoms with van der Waals surface area (Å²) in [5.41, 5.74) is 0.481. The molecule has 4 rings (SSSR count). The van der Waals surface area contributed by atoms with E-state index < -0.39 is 10.0 Å². The van der Waals surface area contributed by atoms with Crippen molar-refractivity contribution in [2.45, 2.75) is 23.8 Å². The Kier molecular flexibility index (Phi) is 4.68. The first-order valence-electron chi connectivity index (χ1n) is 8.46. The number of nitrogens with one attached hydrogen (secondary N) is 1. The van der Waals surface area contributed by atoms with Crippen LogP contribution in [0, 0.1) is 5.92 Å². The van der Waals surface area contributed by atoms with Gasteiger partial charge >= 0.3 is 0 Å². The van der Waals surface area contributed by atoms with E-state index in [0.717, 1.165) is 0 Å². The first-order chi connectivity index (χ1) is 12.5. The molecule has 1 unspecified atom stereocenters. The zero-order valence-corrected chi connectivity index (χ0v) is 15.6. The molecule has 1 aromatic heterocycles. The summed E-state index contributed by atoms with van der Waals surface area (Å²) in [6.45, 7) is 1.72. The highest BCUT2D eigenvalue weighted by Gasteiger charge is 2.36. The van der Waals surface area contributed by atoms with Gasteiger partial charge in [0.05, 0.1) is 17.6 Å². The Hall–Kier alpha value is -1.97. The summed E-state index contributed by atoms with van der Waals surface area (Å²) in [5.74, 6) is 0.492. The van der Waals surface area contributed by atoms with Gasteiger partial charge in [-0.15, -0.1) is 11.3 Å². The van der Waals surface area contributed by atoms with Crippen LogP contribution in [0.3, 0.4) is 0 Å². The summed E-state index contributed by atoms with van der Waals surface area (Å²) in [4.78, 5) is 18.5. The summed E-state index contributed by atoms with van der Waals surface area (Å²) >= 11 is 1.20. The smallest absolute Gasteiger partial charge is 0.263 e. The Morgan fingerprint density at radius 2 is 2.04 bits per heavy atom. The minimum absolute atomic E-state index is 0.0872. The SMILES string of the molecule is O=C(c1ccc(S(=O)(=O)Nc2nccs2)cc1)N1CCOC(C2CC2)C1. The van der Waals surface area contributed by atoms with Gasteiger partial charge in [-0.05, 0) is 43.0 Å². The van der Waals surface area contributed by atoms with Crippen molar-refractivity contribution in [1.82, 2.24) is 9.88 Å². The summed E-state index contributed by atoms with van der Waals surface area (Å²) in [6, 6.07) is 6.00. The summed E-state index contributed by atoms with van der Waals surface area (Å²) in [7, 11) is -3.71. The number of ether oxygens (including phenoxy) is 1. The van der Waals surface area contributed by atoms with E-state index in [4.69, 9.17) is 4.74 Å². The third-order valence-corrected chi connectivity index (χ3v) is 6.77. The second-order valence-electron chi connectivity index (χ2n) is 6.46. The predicted octanol–water partition coefficient (Wildman–Crippen LogP) is 2.19. The van der Waals surface area contributed by atoms with Crippen LogP contribution in [-0.2, 0) is 14.8 Å². The molecule has 1 N–H and O–H groups in total. The number of morpholine rings is 1. The normalized spacial score (nSPS) is 20.8. The maximum atomic E-state index is 12.7. The van der Waals surface area contributed by atoms with Crippen molar-refractivity contribution in [3.05, 3.63) is 41.4 Å². The number of nitrogens with zero attached hydrogens (tertiary/aromatic N) is 2. The average molecular weight is 393 g/mol. The molecule has 0 radical (unpaired) electrons. The van der Waals surface area contributed by atoms with Crippen molar-refractivity contribution < 1.29 is 17.9 Å². The van der Waals surface area contributed by atoms with E-state index in [0.29, 0.717) is 36.3 Å². The Bertz CT molecular complexity index is 877. The molecule has 1 saturated carbocycles. The zero-order valence-electron chi connectivity index (χ0n) is 14.0.